The van der Waals surface area contributed by atoms with E-state index in [4.69, 9.17) is 0 Å². The van der Waals surface area contributed by atoms with Crippen molar-refractivity contribution in [3.63, 3.8) is 0 Å². The molecule has 0 saturated heterocycles. The molecule has 0 saturated carbocycles. The largest absolute Gasteiger partial charge is 0.372 e. The number of nitrogens with one attached hydrogen (secondary N) is 1. The summed E-state index contributed by atoms with van der Waals surface area (Å²) in [5, 5.41) is 3.08. The van der Waals surface area contributed by atoms with Gasteiger partial charge in [-0.05, 0) is 42.0 Å². The standard InChI is InChI=1S/C13H14IN3/c1-8-4-5-10(9(2)6-8)12-16-7-11(14)13(15-3)17-12/h4-7H,1-3H3,(H,15,16,17). The molecule has 2 aromatic rings. The Balaban J connectivity index is 2.53. The van der Waals surface area contributed by atoms with E-state index in [-0.39, 0.29) is 0 Å². The Morgan fingerprint density at radius 3 is 2.65 bits per heavy atom. The first kappa shape index (κ1) is 12.3. The summed E-state index contributed by atoms with van der Waals surface area (Å²) in [4.78, 5) is 8.91. The summed E-state index contributed by atoms with van der Waals surface area (Å²) < 4.78 is 1.03. The molecule has 0 amide bonds. The summed E-state index contributed by atoms with van der Waals surface area (Å²) >= 11 is 2.22. The second-order valence-electron chi connectivity index (χ2n) is 3.96. The van der Waals surface area contributed by atoms with E-state index < -0.39 is 0 Å². The minimum absolute atomic E-state index is 0.771. The Labute approximate surface area is 115 Å². The molecule has 1 N–H and O–H groups in total. The fourth-order valence-electron chi connectivity index (χ4n) is 1.74. The Kier molecular flexibility index (Phi) is 3.61. The monoisotopic (exact) mass is 339 g/mol. The van der Waals surface area contributed by atoms with Crippen molar-refractivity contribution >= 4 is 28.4 Å². The van der Waals surface area contributed by atoms with Crippen LogP contribution in [0, 0.1) is 17.4 Å². The summed E-state index contributed by atoms with van der Waals surface area (Å²) in [6, 6.07) is 6.31. The van der Waals surface area contributed by atoms with Crippen molar-refractivity contribution in [2.24, 2.45) is 0 Å². The molecule has 1 aromatic carbocycles. The Morgan fingerprint density at radius 1 is 1.24 bits per heavy atom. The number of benzene rings is 1. The van der Waals surface area contributed by atoms with Gasteiger partial charge in [-0.1, -0.05) is 23.8 Å². The summed E-state index contributed by atoms with van der Waals surface area (Å²) in [5.74, 6) is 1.64. The van der Waals surface area contributed by atoms with E-state index in [9.17, 15) is 0 Å². The molecule has 1 heterocycles. The Bertz CT molecular complexity index is 552. The van der Waals surface area contributed by atoms with E-state index in [1.807, 2.05) is 13.2 Å². The lowest BCUT2D eigenvalue weighted by molar-refractivity contribution is 1.14. The molecular weight excluding hydrogens is 325 g/mol. The molecule has 0 aliphatic carbocycles. The average Bonchev–Trinajstić information content (AvgIpc) is 2.30. The van der Waals surface area contributed by atoms with Crippen molar-refractivity contribution in [3.8, 4) is 11.4 Å². The zero-order valence-electron chi connectivity index (χ0n) is 10.1. The van der Waals surface area contributed by atoms with E-state index in [2.05, 4.69) is 69.9 Å². The lowest BCUT2D eigenvalue weighted by Gasteiger charge is -2.08. The molecule has 0 radical (unpaired) electrons. The smallest absolute Gasteiger partial charge is 0.161 e. The lowest BCUT2D eigenvalue weighted by atomic mass is 10.1. The fraction of sp³-hybridized carbons (Fsp3) is 0.231. The highest BCUT2D eigenvalue weighted by Crippen LogP contribution is 2.23. The van der Waals surface area contributed by atoms with E-state index in [1.165, 1.54) is 11.1 Å². The molecule has 1 aromatic heterocycles. The molecule has 88 valence electrons. The van der Waals surface area contributed by atoms with Gasteiger partial charge < -0.3 is 5.32 Å². The van der Waals surface area contributed by atoms with E-state index in [0.717, 1.165) is 20.8 Å². The Hall–Kier alpha value is -1.17. The maximum atomic E-state index is 4.52. The van der Waals surface area contributed by atoms with Crippen molar-refractivity contribution < 1.29 is 0 Å². The first-order valence-electron chi connectivity index (χ1n) is 5.39. The molecule has 0 spiro atoms. The van der Waals surface area contributed by atoms with Crippen LogP contribution in [-0.2, 0) is 0 Å². The summed E-state index contributed by atoms with van der Waals surface area (Å²) in [7, 11) is 1.87. The molecule has 0 atom stereocenters. The van der Waals surface area contributed by atoms with Gasteiger partial charge in [-0.3, -0.25) is 0 Å². The topological polar surface area (TPSA) is 37.8 Å². The quantitative estimate of drug-likeness (QED) is 0.852. The fourth-order valence-corrected chi connectivity index (χ4v) is 2.27. The first-order valence-corrected chi connectivity index (χ1v) is 6.47. The van der Waals surface area contributed by atoms with Gasteiger partial charge >= 0.3 is 0 Å². The highest BCUT2D eigenvalue weighted by molar-refractivity contribution is 14.1. The number of halogens is 1. The van der Waals surface area contributed by atoms with E-state index in [1.54, 1.807) is 0 Å². The van der Waals surface area contributed by atoms with Crippen molar-refractivity contribution in [1.82, 2.24) is 9.97 Å². The number of hydrogen-bond donors (Lipinski definition) is 1. The van der Waals surface area contributed by atoms with Gasteiger partial charge in [-0.2, -0.15) is 0 Å². The molecule has 0 unspecified atom stereocenters. The molecule has 0 aliphatic heterocycles. The lowest BCUT2D eigenvalue weighted by Crippen LogP contribution is -2.00. The van der Waals surface area contributed by atoms with Gasteiger partial charge in [0.2, 0.25) is 0 Å². The van der Waals surface area contributed by atoms with Crippen molar-refractivity contribution in [3.05, 3.63) is 39.1 Å². The van der Waals surface area contributed by atoms with Gasteiger partial charge in [0.15, 0.2) is 5.82 Å². The van der Waals surface area contributed by atoms with Crippen LogP contribution in [0.5, 0.6) is 0 Å². The predicted octanol–water partition coefficient (Wildman–Crippen LogP) is 3.41. The Morgan fingerprint density at radius 2 is 2.00 bits per heavy atom. The third kappa shape index (κ3) is 2.57. The van der Waals surface area contributed by atoms with Gasteiger partial charge in [0, 0.05) is 18.8 Å². The molecule has 3 nitrogen and oxygen atoms in total. The number of hydrogen-bond acceptors (Lipinski definition) is 3. The van der Waals surface area contributed by atoms with Crippen LogP contribution >= 0.6 is 22.6 Å². The predicted molar refractivity (Wildman–Crippen MR) is 79.2 cm³/mol. The zero-order chi connectivity index (χ0) is 12.4. The normalized spacial score (nSPS) is 10.4. The summed E-state index contributed by atoms with van der Waals surface area (Å²) in [5.41, 5.74) is 3.54. The highest BCUT2D eigenvalue weighted by Gasteiger charge is 2.08. The number of anilines is 1. The SMILES string of the molecule is CNc1nc(-c2ccc(C)cc2C)ncc1I. The van der Waals surface area contributed by atoms with Crippen LogP contribution in [0.3, 0.4) is 0 Å². The van der Waals surface area contributed by atoms with E-state index in [0.29, 0.717) is 0 Å². The molecule has 4 heteroatoms. The van der Waals surface area contributed by atoms with Crippen LogP contribution in [0.2, 0.25) is 0 Å². The number of nitrogens with zero attached hydrogens (tertiary/aromatic N) is 2. The molecule has 0 fully saturated rings. The van der Waals surface area contributed by atoms with Gasteiger partial charge in [0.25, 0.3) is 0 Å². The molecule has 0 aliphatic rings. The van der Waals surface area contributed by atoms with Crippen LogP contribution in [0.1, 0.15) is 11.1 Å². The number of aromatic nitrogens is 2. The second-order valence-corrected chi connectivity index (χ2v) is 5.12. The van der Waals surface area contributed by atoms with E-state index >= 15 is 0 Å². The highest BCUT2D eigenvalue weighted by atomic mass is 127. The molecule has 2 rings (SSSR count). The van der Waals surface area contributed by atoms with Crippen LogP contribution in [0.4, 0.5) is 5.82 Å². The van der Waals surface area contributed by atoms with Gasteiger partial charge in [0.1, 0.15) is 5.82 Å². The zero-order valence-corrected chi connectivity index (χ0v) is 12.2. The van der Waals surface area contributed by atoms with Crippen molar-refractivity contribution in [2.45, 2.75) is 13.8 Å². The first-order chi connectivity index (χ1) is 8.11. The van der Waals surface area contributed by atoms with Crippen molar-refractivity contribution in [2.75, 3.05) is 12.4 Å². The van der Waals surface area contributed by atoms with Crippen LogP contribution in [0.25, 0.3) is 11.4 Å². The number of aryl methyl sites for hydroxylation is 2. The van der Waals surface area contributed by atoms with Gasteiger partial charge in [-0.15, -0.1) is 0 Å². The minimum Gasteiger partial charge on any atom is -0.372 e. The number of rotatable bonds is 2. The summed E-state index contributed by atoms with van der Waals surface area (Å²) in [6.45, 7) is 4.17. The molecular formula is C13H14IN3. The van der Waals surface area contributed by atoms with Gasteiger partial charge in [-0.25, -0.2) is 9.97 Å². The maximum Gasteiger partial charge on any atom is 0.161 e. The minimum atomic E-state index is 0.771. The van der Waals surface area contributed by atoms with Gasteiger partial charge in [0.05, 0.1) is 3.57 Å². The second kappa shape index (κ2) is 5.00. The summed E-state index contributed by atoms with van der Waals surface area (Å²) in [6.07, 6.45) is 1.84. The maximum absolute atomic E-state index is 4.52. The van der Waals surface area contributed by atoms with Crippen LogP contribution in [0.15, 0.2) is 24.4 Å². The molecule has 0 bridgehead atoms. The third-order valence-electron chi connectivity index (χ3n) is 2.60. The van der Waals surface area contributed by atoms with Crippen LogP contribution in [-0.4, -0.2) is 17.0 Å². The van der Waals surface area contributed by atoms with Crippen LogP contribution < -0.4 is 5.32 Å². The molecule has 17 heavy (non-hydrogen) atoms. The average molecular weight is 339 g/mol. The third-order valence-corrected chi connectivity index (χ3v) is 3.39. The van der Waals surface area contributed by atoms with Crippen molar-refractivity contribution in [1.29, 1.82) is 0 Å².